The standard InChI is InChI=1S/C18H20O3/c1-12-7-13(2)17(14(3)8-12)11-21-18-9-16(20-4)6-5-15(18)10-19/h5-10H,11H2,1-4H3. The topological polar surface area (TPSA) is 35.5 Å². The fourth-order valence-electron chi connectivity index (χ4n) is 2.45. The molecule has 0 radical (unpaired) electrons. The predicted molar refractivity (Wildman–Crippen MR) is 83.4 cm³/mol. The quantitative estimate of drug-likeness (QED) is 0.778. The monoisotopic (exact) mass is 284 g/mol. The van der Waals surface area contributed by atoms with Gasteiger partial charge in [0.1, 0.15) is 18.1 Å². The minimum absolute atomic E-state index is 0.436. The third-order valence-electron chi connectivity index (χ3n) is 3.56. The zero-order chi connectivity index (χ0) is 15.4. The number of methoxy groups -OCH3 is 1. The smallest absolute Gasteiger partial charge is 0.153 e. The van der Waals surface area contributed by atoms with Crippen LogP contribution in [0, 0.1) is 20.8 Å². The number of aldehydes is 1. The van der Waals surface area contributed by atoms with Crippen LogP contribution in [0.1, 0.15) is 32.6 Å². The van der Waals surface area contributed by atoms with E-state index in [4.69, 9.17) is 9.47 Å². The second kappa shape index (κ2) is 6.44. The van der Waals surface area contributed by atoms with Crippen LogP contribution in [-0.2, 0) is 6.61 Å². The zero-order valence-electron chi connectivity index (χ0n) is 12.9. The van der Waals surface area contributed by atoms with Crippen LogP contribution in [0.25, 0.3) is 0 Å². The van der Waals surface area contributed by atoms with E-state index in [0.29, 0.717) is 23.7 Å². The van der Waals surface area contributed by atoms with Gasteiger partial charge in [-0.15, -0.1) is 0 Å². The Hall–Kier alpha value is -2.29. The average molecular weight is 284 g/mol. The summed E-state index contributed by atoms with van der Waals surface area (Å²) in [7, 11) is 1.59. The molecule has 0 spiro atoms. The molecular weight excluding hydrogens is 264 g/mol. The SMILES string of the molecule is COc1ccc(C=O)c(OCc2c(C)cc(C)cc2C)c1. The summed E-state index contributed by atoms with van der Waals surface area (Å²) < 4.78 is 11.0. The van der Waals surface area contributed by atoms with Crippen LogP contribution in [0.2, 0.25) is 0 Å². The molecule has 0 aliphatic heterocycles. The average Bonchev–Trinajstić information content (AvgIpc) is 2.45. The Morgan fingerprint density at radius 3 is 2.29 bits per heavy atom. The Labute approximate surface area is 125 Å². The van der Waals surface area contributed by atoms with Crippen LogP contribution in [0.3, 0.4) is 0 Å². The summed E-state index contributed by atoms with van der Waals surface area (Å²) in [5.74, 6) is 1.22. The van der Waals surface area contributed by atoms with E-state index in [1.54, 1.807) is 25.3 Å². The molecule has 0 atom stereocenters. The van der Waals surface area contributed by atoms with Crippen molar-refractivity contribution < 1.29 is 14.3 Å². The van der Waals surface area contributed by atoms with Gasteiger partial charge < -0.3 is 9.47 Å². The summed E-state index contributed by atoms with van der Waals surface area (Å²) in [6.45, 7) is 6.67. The van der Waals surface area contributed by atoms with Crippen LogP contribution < -0.4 is 9.47 Å². The molecule has 0 saturated heterocycles. The van der Waals surface area contributed by atoms with Crippen LogP contribution in [0.4, 0.5) is 0 Å². The van der Waals surface area contributed by atoms with Crippen molar-refractivity contribution in [3.63, 3.8) is 0 Å². The highest BCUT2D eigenvalue weighted by molar-refractivity contribution is 5.79. The Balaban J connectivity index is 2.26. The predicted octanol–water partition coefficient (Wildman–Crippen LogP) is 4.01. The van der Waals surface area contributed by atoms with Crippen molar-refractivity contribution >= 4 is 6.29 Å². The molecular formula is C18H20O3. The second-order valence-electron chi connectivity index (χ2n) is 5.19. The van der Waals surface area contributed by atoms with E-state index in [9.17, 15) is 4.79 Å². The first-order valence-corrected chi connectivity index (χ1v) is 6.88. The van der Waals surface area contributed by atoms with Crippen LogP contribution >= 0.6 is 0 Å². The molecule has 3 heteroatoms. The number of carbonyl (C=O) groups is 1. The number of hydrogen-bond donors (Lipinski definition) is 0. The number of hydrogen-bond acceptors (Lipinski definition) is 3. The maximum Gasteiger partial charge on any atom is 0.153 e. The first-order chi connectivity index (χ1) is 10.0. The lowest BCUT2D eigenvalue weighted by Gasteiger charge is -2.14. The van der Waals surface area contributed by atoms with Gasteiger partial charge in [-0.05, 0) is 49.6 Å². The highest BCUT2D eigenvalue weighted by atomic mass is 16.5. The highest BCUT2D eigenvalue weighted by Crippen LogP contribution is 2.26. The number of carbonyl (C=O) groups excluding carboxylic acids is 1. The molecule has 0 heterocycles. The van der Waals surface area contributed by atoms with Crippen molar-refractivity contribution in [1.29, 1.82) is 0 Å². The molecule has 3 nitrogen and oxygen atoms in total. The van der Waals surface area contributed by atoms with Gasteiger partial charge in [0.2, 0.25) is 0 Å². The normalized spacial score (nSPS) is 10.3. The summed E-state index contributed by atoms with van der Waals surface area (Å²) in [6, 6.07) is 9.47. The lowest BCUT2D eigenvalue weighted by molar-refractivity contribution is 0.111. The summed E-state index contributed by atoms with van der Waals surface area (Å²) >= 11 is 0. The van der Waals surface area contributed by atoms with Gasteiger partial charge in [0.25, 0.3) is 0 Å². The summed E-state index contributed by atoms with van der Waals surface area (Å²) in [6.07, 6.45) is 0.795. The van der Waals surface area contributed by atoms with Gasteiger partial charge in [0.15, 0.2) is 6.29 Å². The fraction of sp³-hybridized carbons (Fsp3) is 0.278. The van der Waals surface area contributed by atoms with Gasteiger partial charge in [-0.3, -0.25) is 4.79 Å². The maximum atomic E-state index is 11.1. The van der Waals surface area contributed by atoms with E-state index in [-0.39, 0.29) is 0 Å². The first-order valence-electron chi connectivity index (χ1n) is 6.88. The minimum Gasteiger partial charge on any atom is -0.497 e. The second-order valence-corrected chi connectivity index (χ2v) is 5.19. The Morgan fingerprint density at radius 1 is 1.05 bits per heavy atom. The Morgan fingerprint density at radius 2 is 1.71 bits per heavy atom. The molecule has 0 fully saturated rings. The molecule has 0 aliphatic carbocycles. The molecule has 0 N–H and O–H groups in total. The zero-order valence-corrected chi connectivity index (χ0v) is 12.9. The molecule has 0 aromatic heterocycles. The van der Waals surface area contributed by atoms with E-state index < -0.39 is 0 Å². The van der Waals surface area contributed by atoms with E-state index >= 15 is 0 Å². The summed E-state index contributed by atoms with van der Waals surface area (Å²) in [4.78, 5) is 11.1. The summed E-state index contributed by atoms with van der Waals surface area (Å²) in [5, 5.41) is 0. The number of ether oxygens (including phenoxy) is 2. The molecule has 21 heavy (non-hydrogen) atoms. The molecule has 0 unspecified atom stereocenters. The van der Waals surface area contributed by atoms with Gasteiger partial charge >= 0.3 is 0 Å². The molecule has 2 aromatic carbocycles. The van der Waals surface area contributed by atoms with Gasteiger partial charge in [0.05, 0.1) is 12.7 Å². The first kappa shape index (κ1) is 15.1. The molecule has 110 valence electrons. The van der Waals surface area contributed by atoms with Crippen LogP contribution in [0.5, 0.6) is 11.5 Å². The van der Waals surface area contributed by atoms with Gasteiger partial charge in [-0.25, -0.2) is 0 Å². The van der Waals surface area contributed by atoms with Gasteiger partial charge in [0, 0.05) is 6.07 Å². The van der Waals surface area contributed by atoms with Crippen molar-refractivity contribution in [2.45, 2.75) is 27.4 Å². The van der Waals surface area contributed by atoms with E-state index in [0.717, 1.165) is 11.8 Å². The van der Waals surface area contributed by atoms with Crippen LogP contribution in [-0.4, -0.2) is 13.4 Å². The van der Waals surface area contributed by atoms with Crippen molar-refractivity contribution in [3.05, 3.63) is 58.1 Å². The molecule has 0 amide bonds. The third-order valence-corrected chi connectivity index (χ3v) is 3.56. The lowest BCUT2D eigenvalue weighted by atomic mass is 10.0. The molecule has 0 aliphatic rings. The summed E-state index contributed by atoms with van der Waals surface area (Å²) in [5.41, 5.74) is 5.31. The van der Waals surface area contributed by atoms with Crippen LogP contribution in [0.15, 0.2) is 30.3 Å². The van der Waals surface area contributed by atoms with Crippen molar-refractivity contribution in [2.75, 3.05) is 7.11 Å². The van der Waals surface area contributed by atoms with E-state index in [2.05, 4.69) is 32.9 Å². The molecule has 0 saturated carbocycles. The Kier molecular flexibility index (Phi) is 4.63. The highest BCUT2D eigenvalue weighted by Gasteiger charge is 2.09. The number of benzene rings is 2. The van der Waals surface area contributed by atoms with Gasteiger partial charge in [-0.2, -0.15) is 0 Å². The number of aryl methyl sites for hydroxylation is 3. The molecule has 2 rings (SSSR count). The van der Waals surface area contributed by atoms with Crippen molar-refractivity contribution in [1.82, 2.24) is 0 Å². The van der Waals surface area contributed by atoms with Crippen molar-refractivity contribution in [3.8, 4) is 11.5 Å². The molecule has 2 aromatic rings. The van der Waals surface area contributed by atoms with Crippen molar-refractivity contribution in [2.24, 2.45) is 0 Å². The molecule has 0 bridgehead atoms. The fourth-order valence-corrected chi connectivity index (χ4v) is 2.45. The third kappa shape index (κ3) is 3.43. The van der Waals surface area contributed by atoms with E-state index in [1.165, 1.54) is 16.7 Å². The Bertz CT molecular complexity index is 637. The number of rotatable bonds is 5. The van der Waals surface area contributed by atoms with Gasteiger partial charge in [-0.1, -0.05) is 17.7 Å². The largest absolute Gasteiger partial charge is 0.497 e. The minimum atomic E-state index is 0.436. The van der Waals surface area contributed by atoms with E-state index in [1.807, 2.05) is 0 Å². The maximum absolute atomic E-state index is 11.1. The lowest BCUT2D eigenvalue weighted by Crippen LogP contribution is -2.03.